The number of nitrogens with one attached hydrogen (secondary N) is 1. The van der Waals surface area contributed by atoms with Crippen LogP contribution in [-0.4, -0.2) is 42.6 Å². The zero-order valence-corrected chi connectivity index (χ0v) is 13.3. The van der Waals surface area contributed by atoms with E-state index >= 15 is 0 Å². The molecule has 1 aliphatic heterocycles. The molecule has 2 aliphatic rings. The van der Waals surface area contributed by atoms with E-state index in [2.05, 4.69) is 15.2 Å². The molecular weight excluding hydrogens is 330 g/mol. The molecule has 0 aromatic carbocycles. The first-order valence-electron chi connectivity index (χ1n) is 6.62. The van der Waals surface area contributed by atoms with E-state index in [1.807, 2.05) is 0 Å². The van der Waals surface area contributed by atoms with Gasteiger partial charge in [0, 0.05) is 11.9 Å². The van der Waals surface area contributed by atoms with Gasteiger partial charge in [0.2, 0.25) is 11.2 Å². The first kappa shape index (κ1) is 15.0. The van der Waals surface area contributed by atoms with Crippen molar-refractivity contribution in [1.82, 2.24) is 14.0 Å². The van der Waals surface area contributed by atoms with Crippen molar-refractivity contribution in [2.45, 2.75) is 31.7 Å². The SMILES string of the molecule is CN1C(=O)C(N=Nc2nc3c(s2)CCCC3)C(=O)NS1(=O)=O. The molecule has 1 saturated heterocycles. The van der Waals surface area contributed by atoms with Crippen LogP contribution in [0.25, 0.3) is 0 Å². The van der Waals surface area contributed by atoms with E-state index in [1.54, 1.807) is 4.72 Å². The minimum absolute atomic E-state index is 0.378. The summed E-state index contributed by atoms with van der Waals surface area (Å²) >= 11 is 1.38. The minimum Gasteiger partial charge on any atom is -0.271 e. The number of nitrogens with zero attached hydrogens (tertiary/aromatic N) is 4. The molecule has 2 heterocycles. The normalized spacial score (nSPS) is 24.4. The van der Waals surface area contributed by atoms with Crippen LogP contribution in [0.2, 0.25) is 0 Å². The standard InChI is InChI=1S/C11H13N5O4S2/c1-16-10(18)8(9(17)15-22(16,19)20)13-14-11-12-6-4-2-3-5-7(6)21-11/h8H,2-5H2,1H3,(H,15,17). The Morgan fingerprint density at radius 1 is 1.32 bits per heavy atom. The number of fused-ring (bicyclic) bond motifs is 1. The molecule has 118 valence electrons. The fourth-order valence-corrected chi connectivity index (χ4v) is 4.06. The van der Waals surface area contributed by atoms with Gasteiger partial charge in [-0.15, -0.1) is 5.11 Å². The van der Waals surface area contributed by atoms with Crippen LogP contribution in [0.5, 0.6) is 0 Å². The third-order valence-electron chi connectivity index (χ3n) is 3.48. The lowest BCUT2D eigenvalue weighted by Gasteiger charge is -2.25. The fraction of sp³-hybridized carbons (Fsp3) is 0.545. The fourth-order valence-electron chi connectivity index (χ4n) is 2.24. The molecule has 1 N–H and O–H groups in total. The van der Waals surface area contributed by atoms with Crippen LogP contribution < -0.4 is 4.72 Å². The number of hydrogen-bond acceptors (Lipinski definition) is 8. The van der Waals surface area contributed by atoms with Crippen molar-refractivity contribution in [2.75, 3.05) is 7.05 Å². The predicted octanol–water partition coefficient (Wildman–Crippen LogP) is 0.307. The van der Waals surface area contributed by atoms with Gasteiger partial charge in [-0.1, -0.05) is 11.3 Å². The van der Waals surface area contributed by atoms with Gasteiger partial charge in [-0.2, -0.15) is 13.5 Å². The molecule has 9 nitrogen and oxygen atoms in total. The van der Waals surface area contributed by atoms with E-state index < -0.39 is 28.1 Å². The van der Waals surface area contributed by atoms with Gasteiger partial charge in [-0.05, 0) is 25.7 Å². The molecule has 1 aromatic rings. The maximum atomic E-state index is 11.9. The van der Waals surface area contributed by atoms with Crippen LogP contribution in [0.15, 0.2) is 10.2 Å². The molecule has 0 saturated carbocycles. The van der Waals surface area contributed by atoms with E-state index in [9.17, 15) is 18.0 Å². The number of rotatable bonds is 2. The topological polar surface area (TPSA) is 121 Å². The number of hydrogen-bond donors (Lipinski definition) is 1. The van der Waals surface area contributed by atoms with Gasteiger partial charge in [-0.3, -0.25) is 9.59 Å². The quantitative estimate of drug-likeness (QED) is 0.612. The Morgan fingerprint density at radius 2 is 2.05 bits per heavy atom. The summed E-state index contributed by atoms with van der Waals surface area (Å²) in [4.78, 5) is 29.0. The molecule has 0 bridgehead atoms. The number of thiazole rings is 1. The number of carbonyl (C=O) groups is 2. The van der Waals surface area contributed by atoms with Crippen molar-refractivity contribution in [2.24, 2.45) is 10.2 Å². The summed E-state index contributed by atoms with van der Waals surface area (Å²) in [5.74, 6) is -1.94. The number of amides is 2. The van der Waals surface area contributed by atoms with Crippen LogP contribution in [0.4, 0.5) is 5.13 Å². The van der Waals surface area contributed by atoms with Crippen molar-refractivity contribution in [3.8, 4) is 0 Å². The molecule has 1 unspecified atom stereocenters. The predicted molar refractivity (Wildman–Crippen MR) is 76.9 cm³/mol. The van der Waals surface area contributed by atoms with Crippen LogP contribution in [0.3, 0.4) is 0 Å². The van der Waals surface area contributed by atoms with Crippen molar-refractivity contribution >= 4 is 38.5 Å². The molecule has 1 fully saturated rings. The third-order valence-corrected chi connectivity index (χ3v) is 5.88. The van der Waals surface area contributed by atoms with Crippen LogP contribution in [0, 0.1) is 0 Å². The first-order chi connectivity index (χ1) is 10.4. The molecule has 1 aliphatic carbocycles. The minimum atomic E-state index is -4.11. The molecule has 3 rings (SSSR count). The van der Waals surface area contributed by atoms with Crippen LogP contribution >= 0.6 is 11.3 Å². The molecule has 0 radical (unpaired) electrons. The Bertz CT molecular complexity index is 746. The molecule has 1 aromatic heterocycles. The number of aryl methyl sites for hydroxylation is 2. The van der Waals surface area contributed by atoms with Gasteiger partial charge < -0.3 is 0 Å². The Morgan fingerprint density at radius 3 is 2.77 bits per heavy atom. The summed E-state index contributed by atoms with van der Waals surface area (Å²) in [5, 5.41) is 7.91. The summed E-state index contributed by atoms with van der Waals surface area (Å²) in [6.45, 7) is 0. The summed E-state index contributed by atoms with van der Waals surface area (Å²) in [7, 11) is -3.05. The maximum Gasteiger partial charge on any atom is 0.328 e. The highest BCUT2D eigenvalue weighted by molar-refractivity contribution is 7.88. The largest absolute Gasteiger partial charge is 0.328 e. The molecule has 22 heavy (non-hydrogen) atoms. The van der Waals surface area contributed by atoms with Gasteiger partial charge >= 0.3 is 10.2 Å². The summed E-state index contributed by atoms with van der Waals surface area (Å²) in [5.41, 5.74) is 0.990. The number of azo groups is 1. The van der Waals surface area contributed by atoms with E-state index in [0.29, 0.717) is 9.44 Å². The summed E-state index contributed by atoms with van der Waals surface area (Å²) < 4.78 is 25.1. The first-order valence-corrected chi connectivity index (χ1v) is 8.88. The monoisotopic (exact) mass is 343 g/mol. The Balaban J connectivity index is 1.81. The Labute approximate surface area is 130 Å². The molecular formula is C11H13N5O4S2. The van der Waals surface area contributed by atoms with Gasteiger partial charge in [-0.25, -0.2) is 14.0 Å². The van der Waals surface area contributed by atoms with E-state index in [-0.39, 0.29) is 0 Å². The van der Waals surface area contributed by atoms with Gasteiger partial charge in [0.25, 0.3) is 11.8 Å². The molecule has 0 spiro atoms. The molecule has 2 amide bonds. The number of aromatic nitrogens is 1. The second-order valence-corrected chi connectivity index (χ2v) is 7.73. The van der Waals surface area contributed by atoms with Crippen molar-refractivity contribution < 1.29 is 18.0 Å². The van der Waals surface area contributed by atoms with E-state index in [1.165, 1.54) is 11.3 Å². The second kappa shape index (κ2) is 5.39. The van der Waals surface area contributed by atoms with Crippen LogP contribution in [0.1, 0.15) is 23.4 Å². The highest BCUT2D eigenvalue weighted by atomic mass is 32.2. The molecule has 11 heteroatoms. The Hall–Kier alpha value is -1.88. The lowest BCUT2D eigenvalue weighted by Crippen LogP contribution is -2.58. The summed E-state index contributed by atoms with van der Waals surface area (Å²) in [6, 6.07) is -1.51. The maximum absolute atomic E-state index is 11.9. The van der Waals surface area contributed by atoms with E-state index in [0.717, 1.165) is 43.3 Å². The highest BCUT2D eigenvalue weighted by Crippen LogP contribution is 2.31. The van der Waals surface area contributed by atoms with E-state index in [4.69, 9.17) is 0 Å². The van der Waals surface area contributed by atoms with Crippen molar-refractivity contribution in [3.05, 3.63) is 10.6 Å². The average Bonchev–Trinajstić information content (AvgIpc) is 2.87. The van der Waals surface area contributed by atoms with Crippen molar-refractivity contribution in [3.63, 3.8) is 0 Å². The van der Waals surface area contributed by atoms with Crippen molar-refractivity contribution in [1.29, 1.82) is 0 Å². The third kappa shape index (κ3) is 2.61. The number of carbonyl (C=O) groups excluding carboxylic acids is 2. The molecule has 1 atom stereocenters. The van der Waals surface area contributed by atoms with Crippen LogP contribution in [-0.2, 0) is 32.6 Å². The number of likely N-dealkylation sites (N-methyl/N-ethyl adjacent to an activating group) is 1. The Kier molecular flexibility index (Phi) is 3.68. The van der Waals surface area contributed by atoms with Gasteiger partial charge in [0.05, 0.1) is 5.69 Å². The van der Waals surface area contributed by atoms with Gasteiger partial charge in [0.1, 0.15) is 0 Å². The second-order valence-electron chi connectivity index (χ2n) is 4.97. The smallest absolute Gasteiger partial charge is 0.271 e. The lowest BCUT2D eigenvalue weighted by atomic mass is 10.0. The lowest BCUT2D eigenvalue weighted by molar-refractivity contribution is -0.134. The van der Waals surface area contributed by atoms with Gasteiger partial charge in [0.15, 0.2) is 0 Å². The zero-order valence-electron chi connectivity index (χ0n) is 11.6. The highest BCUT2D eigenvalue weighted by Gasteiger charge is 2.42. The zero-order chi connectivity index (χ0) is 15.9. The average molecular weight is 343 g/mol. The summed E-state index contributed by atoms with van der Waals surface area (Å²) in [6.07, 6.45) is 4.04.